The molecule has 0 heterocycles. The van der Waals surface area contributed by atoms with E-state index in [1.807, 2.05) is 0 Å². The van der Waals surface area contributed by atoms with Crippen LogP contribution in [-0.2, 0) is 25.3 Å². The molecule has 66 valence electrons. The van der Waals surface area contributed by atoms with Crippen LogP contribution >= 0.6 is 0 Å². The van der Waals surface area contributed by atoms with Crippen molar-refractivity contribution in [2.24, 2.45) is 5.73 Å². The summed E-state index contributed by atoms with van der Waals surface area (Å²) in [6.07, 6.45) is 0.749. The van der Waals surface area contributed by atoms with Crippen molar-refractivity contribution in [3.8, 4) is 0 Å². The van der Waals surface area contributed by atoms with Crippen LogP contribution in [-0.4, -0.2) is 29.9 Å². The van der Waals surface area contributed by atoms with Crippen molar-refractivity contribution in [3.05, 3.63) is 0 Å². The molecule has 0 fully saturated rings. The summed E-state index contributed by atoms with van der Waals surface area (Å²) in [5.41, 5.74) is 5.22. The Hall–Kier alpha value is 0.354. The van der Waals surface area contributed by atoms with Gasteiger partial charge in [-0.2, -0.15) is 0 Å². The molecule has 11 heavy (non-hydrogen) atoms. The molecule has 0 spiro atoms. The van der Waals surface area contributed by atoms with Crippen molar-refractivity contribution >= 4 is 0 Å². The van der Waals surface area contributed by atoms with E-state index >= 15 is 0 Å². The molecule has 0 unspecified atom stereocenters. The van der Waals surface area contributed by atoms with Crippen molar-refractivity contribution in [2.75, 3.05) is 26.2 Å². The van der Waals surface area contributed by atoms with Gasteiger partial charge in [0.1, 0.15) is 0 Å². The monoisotopic (exact) mass is 198 g/mol. The second-order valence-corrected chi connectivity index (χ2v) is 3.29. The zero-order chi connectivity index (χ0) is 8.53. The van der Waals surface area contributed by atoms with E-state index in [0.717, 1.165) is 19.5 Å². The van der Waals surface area contributed by atoms with Gasteiger partial charge in [-0.25, -0.2) is 0 Å². The Labute approximate surface area is 73.0 Å². The quantitative estimate of drug-likeness (QED) is 0.350. The second-order valence-electron chi connectivity index (χ2n) is 2.01. The first kappa shape index (κ1) is 11.4. The van der Waals surface area contributed by atoms with E-state index in [0.29, 0.717) is 13.2 Å². The van der Waals surface area contributed by atoms with Gasteiger partial charge in [0.05, 0.1) is 0 Å². The van der Waals surface area contributed by atoms with Crippen LogP contribution in [0, 0.1) is 0 Å². The molecule has 0 saturated carbocycles. The molecule has 4 N–H and O–H groups in total. The molecule has 5 nitrogen and oxygen atoms in total. The van der Waals surface area contributed by atoms with Gasteiger partial charge in [0.15, 0.2) is 0 Å². The first-order valence-corrected chi connectivity index (χ1v) is 5.51. The maximum atomic E-state index is 10.1. The van der Waals surface area contributed by atoms with Gasteiger partial charge in [-0.15, -0.1) is 0 Å². The van der Waals surface area contributed by atoms with Crippen molar-refractivity contribution < 1.29 is 28.9 Å². The van der Waals surface area contributed by atoms with Crippen molar-refractivity contribution in [2.45, 2.75) is 6.42 Å². The molecule has 0 atom stereocenters. The third kappa shape index (κ3) is 10.4. The number of nitrogens with one attached hydrogen (secondary N) is 1. The zero-order valence-corrected chi connectivity index (χ0v) is 7.94. The van der Waals surface area contributed by atoms with Crippen molar-refractivity contribution in [3.63, 3.8) is 0 Å². The topological polar surface area (TPSA) is 84.6 Å². The number of rotatable bonds is 7. The minimum absolute atomic E-state index is 0.354. The van der Waals surface area contributed by atoms with E-state index in [1.54, 1.807) is 0 Å². The van der Waals surface area contributed by atoms with Crippen molar-refractivity contribution in [1.82, 2.24) is 5.32 Å². The van der Waals surface area contributed by atoms with Gasteiger partial charge in [0, 0.05) is 0 Å². The minimum atomic E-state index is -3.26. The summed E-state index contributed by atoms with van der Waals surface area (Å²) >= 11 is -3.26. The Morgan fingerprint density at radius 3 is 2.82 bits per heavy atom. The molecular weight excluding hydrogens is 184 g/mol. The van der Waals surface area contributed by atoms with Crippen molar-refractivity contribution in [1.29, 1.82) is 0 Å². The Morgan fingerprint density at radius 1 is 1.55 bits per heavy atom. The summed E-state index contributed by atoms with van der Waals surface area (Å²) in [7, 11) is 0. The molecule has 0 aliphatic carbocycles. The summed E-state index contributed by atoms with van der Waals surface area (Å²) in [5, 5.41) is 3.04. The fourth-order valence-electron chi connectivity index (χ4n) is 0.584. The number of hydrogen-bond acceptors (Lipinski definition) is 4. The fraction of sp³-hybridized carbons (Fsp3) is 1.00. The predicted molar refractivity (Wildman–Crippen MR) is 35.4 cm³/mol. The van der Waals surface area contributed by atoms with Gasteiger partial charge in [-0.3, -0.25) is 0 Å². The second kappa shape index (κ2) is 8.45. The van der Waals surface area contributed by atoms with Crippen LogP contribution in [0.2, 0.25) is 0 Å². The van der Waals surface area contributed by atoms with Gasteiger partial charge in [0.25, 0.3) is 0 Å². The Kier molecular flexibility index (Phi) is 8.72. The Bertz CT molecular complexity index is 112. The molecule has 0 aliphatic rings. The van der Waals surface area contributed by atoms with E-state index in [2.05, 4.69) is 8.64 Å². The Morgan fingerprint density at radius 2 is 2.27 bits per heavy atom. The van der Waals surface area contributed by atoms with E-state index in [4.69, 9.17) is 9.42 Å². The third-order valence-corrected chi connectivity index (χ3v) is 1.75. The summed E-state index contributed by atoms with van der Waals surface area (Å²) in [6, 6.07) is 0. The molecule has 0 amide bonds. The van der Waals surface area contributed by atoms with E-state index < -0.39 is 18.6 Å². The average Bonchev–Trinajstić information content (AvgIpc) is 1.96. The molecule has 0 radical (unpaired) electrons. The van der Waals surface area contributed by atoms with Crippen LogP contribution in [0.15, 0.2) is 0 Å². The van der Waals surface area contributed by atoms with Crippen LogP contribution in [0.4, 0.5) is 0 Å². The van der Waals surface area contributed by atoms with E-state index in [9.17, 15) is 3.32 Å². The molecule has 0 bridgehead atoms. The van der Waals surface area contributed by atoms with Crippen LogP contribution in [0.1, 0.15) is 6.42 Å². The van der Waals surface area contributed by atoms with Crippen LogP contribution < -0.4 is 11.1 Å². The molecular formula is C5H14N2O3Ti. The summed E-state index contributed by atoms with van der Waals surface area (Å²) < 4.78 is 22.9. The first-order valence-electron chi connectivity index (χ1n) is 3.54. The molecule has 0 aromatic rings. The number of hydrogen-bond donors (Lipinski definition) is 3. The summed E-state index contributed by atoms with van der Waals surface area (Å²) in [4.78, 5) is 0. The molecule has 0 aromatic carbocycles. The van der Waals surface area contributed by atoms with Gasteiger partial charge in [-0.05, 0) is 0 Å². The summed E-state index contributed by atoms with van der Waals surface area (Å²) in [6.45, 7) is 2.52. The van der Waals surface area contributed by atoms with E-state index in [-0.39, 0.29) is 0 Å². The maximum absolute atomic E-state index is 10.1. The molecule has 6 heteroatoms. The fourth-order valence-corrected chi connectivity index (χ4v) is 1.08. The normalized spacial score (nSPS) is 10.0. The standard InChI is InChI=1S/C5H13N2O.H2O.O.Ti/c6-2-4-7-3-1-5-8;;;/h7H,1-6H2;1H2;;/q-1;;;+2/p-1. The third-order valence-electron chi connectivity index (χ3n) is 1.04. The molecule has 0 aliphatic heterocycles. The average molecular weight is 198 g/mol. The van der Waals surface area contributed by atoms with Crippen LogP contribution in [0.25, 0.3) is 0 Å². The van der Waals surface area contributed by atoms with Gasteiger partial charge < -0.3 is 0 Å². The molecule has 0 saturated heterocycles. The summed E-state index contributed by atoms with van der Waals surface area (Å²) in [5.74, 6) is 0. The van der Waals surface area contributed by atoms with Crippen LogP contribution in [0.3, 0.4) is 0 Å². The number of nitrogens with two attached hydrogens (primary N) is 1. The molecule has 0 rings (SSSR count). The van der Waals surface area contributed by atoms with Gasteiger partial charge in [-0.1, -0.05) is 0 Å². The Balaban J connectivity index is 2.85. The zero-order valence-electron chi connectivity index (χ0n) is 6.38. The van der Waals surface area contributed by atoms with Gasteiger partial charge in [0.2, 0.25) is 0 Å². The molecule has 0 aromatic heterocycles. The van der Waals surface area contributed by atoms with E-state index in [1.165, 1.54) is 0 Å². The SMILES string of the molecule is NCCNCCC[O][Ti](=[O])[OH]. The van der Waals surface area contributed by atoms with Crippen LogP contribution in [0.5, 0.6) is 0 Å². The van der Waals surface area contributed by atoms with Gasteiger partial charge >= 0.3 is 72.7 Å². The predicted octanol–water partition coefficient (Wildman–Crippen LogP) is -1.27. The first-order chi connectivity index (χ1) is 5.27.